The molecule has 0 fully saturated rings. The van der Waals surface area contributed by atoms with Crippen LogP contribution in [0.1, 0.15) is 5.56 Å². The molecule has 0 aromatic heterocycles. The number of nitrogens with zero attached hydrogens (tertiary/aromatic N) is 1. The first kappa shape index (κ1) is 10.2. The zero-order chi connectivity index (χ0) is 11.2. The predicted molar refractivity (Wildman–Crippen MR) is 65.5 cm³/mol. The van der Waals surface area contributed by atoms with Crippen LogP contribution in [0.3, 0.4) is 0 Å². The molecule has 16 heavy (non-hydrogen) atoms. The molecule has 80 valence electrons. The van der Waals surface area contributed by atoms with Crippen LogP contribution in [0.2, 0.25) is 0 Å². The summed E-state index contributed by atoms with van der Waals surface area (Å²) >= 11 is 0. The van der Waals surface area contributed by atoms with Crippen molar-refractivity contribution >= 4 is 17.6 Å². The smallest absolute Gasteiger partial charge is 0.0754 e. The monoisotopic (exact) mass is 212 g/mol. The maximum absolute atomic E-state index is 8.55. The minimum absolute atomic E-state index is 0.842. The van der Waals surface area contributed by atoms with Gasteiger partial charge >= 0.3 is 0 Å². The summed E-state index contributed by atoms with van der Waals surface area (Å²) in [5, 5.41) is 14.9. The van der Waals surface area contributed by atoms with Gasteiger partial charge in [0, 0.05) is 16.9 Å². The van der Waals surface area contributed by atoms with E-state index in [4.69, 9.17) is 5.21 Å². The number of anilines is 2. The van der Waals surface area contributed by atoms with Gasteiger partial charge in [0.15, 0.2) is 0 Å². The van der Waals surface area contributed by atoms with E-state index in [9.17, 15) is 0 Å². The van der Waals surface area contributed by atoms with E-state index in [-0.39, 0.29) is 0 Å². The summed E-state index contributed by atoms with van der Waals surface area (Å²) < 4.78 is 0. The Labute approximate surface area is 94.0 Å². The van der Waals surface area contributed by atoms with Crippen LogP contribution in [0.4, 0.5) is 11.4 Å². The van der Waals surface area contributed by atoms with Gasteiger partial charge in [0.1, 0.15) is 0 Å². The van der Waals surface area contributed by atoms with Crippen LogP contribution in [0.25, 0.3) is 0 Å². The lowest BCUT2D eigenvalue weighted by Gasteiger charge is -2.08. The molecule has 2 N–H and O–H groups in total. The van der Waals surface area contributed by atoms with E-state index in [0.717, 1.165) is 16.9 Å². The van der Waals surface area contributed by atoms with Crippen molar-refractivity contribution in [1.82, 2.24) is 0 Å². The molecule has 0 aliphatic heterocycles. The quantitative estimate of drug-likeness (QED) is 0.466. The molecule has 2 aromatic rings. The van der Waals surface area contributed by atoms with Gasteiger partial charge in [0.25, 0.3) is 0 Å². The lowest BCUT2D eigenvalue weighted by Crippen LogP contribution is -1.94. The second-order valence-corrected chi connectivity index (χ2v) is 3.32. The van der Waals surface area contributed by atoms with Crippen molar-refractivity contribution in [2.24, 2.45) is 5.16 Å². The van der Waals surface area contributed by atoms with Crippen LogP contribution in [-0.4, -0.2) is 11.4 Å². The molecule has 0 aliphatic rings. The Hall–Kier alpha value is -2.29. The first-order valence-electron chi connectivity index (χ1n) is 4.98. The van der Waals surface area contributed by atoms with Crippen molar-refractivity contribution < 1.29 is 5.21 Å². The Morgan fingerprint density at radius 3 is 2.38 bits per heavy atom. The van der Waals surface area contributed by atoms with E-state index in [2.05, 4.69) is 10.5 Å². The Morgan fingerprint density at radius 2 is 1.62 bits per heavy atom. The summed E-state index contributed by atoms with van der Waals surface area (Å²) in [5.74, 6) is 0. The Bertz CT molecular complexity index is 480. The highest BCUT2D eigenvalue weighted by Gasteiger charge is 1.98. The third-order valence-corrected chi connectivity index (χ3v) is 2.21. The molecule has 0 amide bonds. The number of benzene rings is 2. The Kier molecular flexibility index (Phi) is 3.18. The topological polar surface area (TPSA) is 44.6 Å². The Morgan fingerprint density at radius 1 is 0.938 bits per heavy atom. The number of para-hydroxylation sites is 2. The van der Waals surface area contributed by atoms with Crippen LogP contribution in [-0.2, 0) is 0 Å². The maximum Gasteiger partial charge on any atom is 0.0754 e. The molecular formula is C13H12N2O. The second-order valence-electron chi connectivity index (χ2n) is 3.32. The molecule has 2 aromatic carbocycles. The van der Waals surface area contributed by atoms with Crippen molar-refractivity contribution in [2.75, 3.05) is 5.32 Å². The van der Waals surface area contributed by atoms with Crippen LogP contribution < -0.4 is 5.32 Å². The van der Waals surface area contributed by atoms with E-state index < -0.39 is 0 Å². The molecule has 3 nitrogen and oxygen atoms in total. The molecule has 0 saturated carbocycles. The summed E-state index contributed by atoms with van der Waals surface area (Å²) in [6, 6.07) is 17.5. The van der Waals surface area contributed by atoms with E-state index in [1.165, 1.54) is 6.21 Å². The SMILES string of the molecule is O/N=C\c1ccccc1Nc1ccccc1. The van der Waals surface area contributed by atoms with Gasteiger partial charge in [-0.1, -0.05) is 41.6 Å². The summed E-state index contributed by atoms with van der Waals surface area (Å²) in [5.41, 5.74) is 2.75. The molecule has 0 saturated heterocycles. The van der Waals surface area contributed by atoms with Gasteiger partial charge in [-0.25, -0.2) is 0 Å². The van der Waals surface area contributed by atoms with Crippen LogP contribution in [0, 0.1) is 0 Å². The van der Waals surface area contributed by atoms with E-state index in [1.807, 2.05) is 54.6 Å². The van der Waals surface area contributed by atoms with Crippen LogP contribution >= 0.6 is 0 Å². The minimum atomic E-state index is 0.842. The minimum Gasteiger partial charge on any atom is -0.411 e. The highest BCUT2D eigenvalue weighted by Crippen LogP contribution is 2.18. The molecule has 0 radical (unpaired) electrons. The van der Waals surface area contributed by atoms with E-state index in [1.54, 1.807) is 0 Å². The lowest BCUT2D eigenvalue weighted by atomic mass is 10.2. The zero-order valence-corrected chi connectivity index (χ0v) is 8.67. The van der Waals surface area contributed by atoms with Gasteiger partial charge < -0.3 is 10.5 Å². The second kappa shape index (κ2) is 4.98. The van der Waals surface area contributed by atoms with E-state index >= 15 is 0 Å². The first-order valence-corrected chi connectivity index (χ1v) is 4.98. The predicted octanol–water partition coefficient (Wildman–Crippen LogP) is 3.24. The third kappa shape index (κ3) is 2.39. The number of hydrogen-bond donors (Lipinski definition) is 2. The van der Waals surface area contributed by atoms with Crippen molar-refractivity contribution in [1.29, 1.82) is 0 Å². The third-order valence-electron chi connectivity index (χ3n) is 2.21. The first-order chi connectivity index (χ1) is 7.90. The van der Waals surface area contributed by atoms with Crippen molar-refractivity contribution in [3.05, 3.63) is 60.2 Å². The maximum atomic E-state index is 8.55. The van der Waals surface area contributed by atoms with Crippen LogP contribution in [0.15, 0.2) is 59.8 Å². The fraction of sp³-hybridized carbons (Fsp3) is 0. The summed E-state index contributed by atoms with van der Waals surface area (Å²) in [6.45, 7) is 0. The normalized spacial score (nSPS) is 10.5. The van der Waals surface area contributed by atoms with Gasteiger partial charge in [0.05, 0.1) is 6.21 Å². The van der Waals surface area contributed by atoms with Gasteiger partial charge in [0.2, 0.25) is 0 Å². The highest BCUT2D eigenvalue weighted by atomic mass is 16.4. The number of oxime groups is 1. The van der Waals surface area contributed by atoms with Gasteiger partial charge in [-0.05, 0) is 18.2 Å². The van der Waals surface area contributed by atoms with Crippen molar-refractivity contribution in [2.45, 2.75) is 0 Å². The largest absolute Gasteiger partial charge is 0.411 e. The standard InChI is InChI=1S/C13H12N2O/c16-14-10-11-6-4-5-9-13(11)15-12-7-2-1-3-8-12/h1-10,15-16H/b14-10-. The Balaban J connectivity index is 2.28. The average Bonchev–Trinajstić information content (AvgIpc) is 2.33. The average molecular weight is 212 g/mol. The van der Waals surface area contributed by atoms with Gasteiger partial charge in [-0.15, -0.1) is 0 Å². The van der Waals surface area contributed by atoms with Crippen molar-refractivity contribution in [3.63, 3.8) is 0 Å². The molecule has 0 bridgehead atoms. The fourth-order valence-electron chi connectivity index (χ4n) is 1.46. The van der Waals surface area contributed by atoms with E-state index in [0.29, 0.717) is 0 Å². The molecule has 2 rings (SSSR count). The molecule has 0 unspecified atom stereocenters. The summed E-state index contributed by atoms with van der Waals surface area (Å²) in [6.07, 6.45) is 1.41. The molecule has 0 spiro atoms. The van der Waals surface area contributed by atoms with Gasteiger partial charge in [-0.3, -0.25) is 0 Å². The number of rotatable bonds is 3. The van der Waals surface area contributed by atoms with Crippen molar-refractivity contribution in [3.8, 4) is 0 Å². The van der Waals surface area contributed by atoms with Crippen LogP contribution in [0.5, 0.6) is 0 Å². The molecular weight excluding hydrogens is 200 g/mol. The summed E-state index contributed by atoms with van der Waals surface area (Å²) in [7, 11) is 0. The van der Waals surface area contributed by atoms with Gasteiger partial charge in [-0.2, -0.15) is 0 Å². The number of hydrogen-bond acceptors (Lipinski definition) is 3. The zero-order valence-electron chi connectivity index (χ0n) is 8.67. The molecule has 3 heteroatoms. The molecule has 0 atom stereocenters. The molecule has 0 heterocycles. The molecule has 0 aliphatic carbocycles. The summed E-state index contributed by atoms with van der Waals surface area (Å²) in [4.78, 5) is 0. The lowest BCUT2D eigenvalue weighted by molar-refractivity contribution is 0.322. The fourth-order valence-corrected chi connectivity index (χ4v) is 1.46. The highest BCUT2D eigenvalue weighted by molar-refractivity contribution is 5.88. The number of nitrogens with one attached hydrogen (secondary N) is 1.